The highest BCUT2D eigenvalue weighted by Gasteiger charge is 2.14. The summed E-state index contributed by atoms with van der Waals surface area (Å²) in [6, 6.07) is 15.9. The summed E-state index contributed by atoms with van der Waals surface area (Å²) in [4.78, 5) is 4.44. The van der Waals surface area contributed by atoms with Crippen LogP contribution in [0.25, 0.3) is 11.0 Å². The van der Waals surface area contributed by atoms with Gasteiger partial charge in [-0.25, -0.2) is 4.98 Å². The minimum Gasteiger partial charge on any atom is -0.423 e. The molecule has 0 amide bonds. The van der Waals surface area contributed by atoms with Crippen LogP contribution in [-0.4, -0.2) is 24.9 Å². The Hall–Kier alpha value is -2.99. The van der Waals surface area contributed by atoms with E-state index in [2.05, 4.69) is 34.2 Å². The van der Waals surface area contributed by atoms with Crippen molar-refractivity contribution < 1.29 is 9.52 Å². The SMILES string of the molecule is Cc1ccccc1Cc1nnc(Cn2c(CO)nc3ccccc32)o1. The van der Waals surface area contributed by atoms with Gasteiger partial charge in [-0.15, -0.1) is 10.2 Å². The number of aliphatic hydroxyl groups is 1. The molecule has 2 aromatic heterocycles. The molecule has 0 aliphatic heterocycles. The van der Waals surface area contributed by atoms with E-state index in [1.54, 1.807) is 0 Å². The topological polar surface area (TPSA) is 77.0 Å². The molecule has 4 rings (SSSR count). The van der Waals surface area contributed by atoms with Crippen LogP contribution in [0.15, 0.2) is 52.9 Å². The van der Waals surface area contributed by atoms with Gasteiger partial charge in [0.1, 0.15) is 19.0 Å². The maximum atomic E-state index is 9.58. The van der Waals surface area contributed by atoms with E-state index in [1.165, 1.54) is 11.1 Å². The summed E-state index contributed by atoms with van der Waals surface area (Å²) < 4.78 is 7.72. The van der Waals surface area contributed by atoms with E-state index in [9.17, 15) is 5.11 Å². The number of aryl methyl sites for hydroxylation is 1. The summed E-state index contributed by atoms with van der Waals surface area (Å²) in [7, 11) is 0. The highest BCUT2D eigenvalue weighted by molar-refractivity contribution is 5.75. The third kappa shape index (κ3) is 3.04. The highest BCUT2D eigenvalue weighted by atomic mass is 16.4. The zero-order chi connectivity index (χ0) is 17.2. The van der Waals surface area contributed by atoms with E-state index < -0.39 is 0 Å². The quantitative estimate of drug-likeness (QED) is 0.607. The van der Waals surface area contributed by atoms with E-state index in [0.717, 1.165) is 11.0 Å². The molecule has 0 fully saturated rings. The van der Waals surface area contributed by atoms with Gasteiger partial charge in [0.05, 0.1) is 17.5 Å². The lowest BCUT2D eigenvalue weighted by Gasteiger charge is -2.04. The lowest BCUT2D eigenvalue weighted by molar-refractivity contribution is 0.265. The van der Waals surface area contributed by atoms with Crippen LogP contribution in [0.2, 0.25) is 0 Å². The predicted molar refractivity (Wildman–Crippen MR) is 93.0 cm³/mol. The fourth-order valence-corrected chi connectivity index (χ4v) is 2.95. The molecule has 0 unspecified atom stereocenters. The zero-order valence-corrected chi connectivity index (χ0v) is 13.9. The second kappa shape index (κ2) is 6.49. The number of benzene rings is 2. The van der Waals surface area contributed by atoms with E-state index in [-0.39, 0.29) is 6.61 Å². The number of imidazole rings is 1. The second-order valence-electron chi connectivity index (χ2n) is 5.95. The molecule has 1 N–H and O–H groups in total. The van der Waals surface area contributed by atoms with Gasteiger partial charge in [0.15, 0.2) is 0 Å². The average Bonchev–Trinajstić information content (AvgIpc) is 3.22. The molecule has 4 aromatic rings. The third-order valence-corrected chi connectivity index (χ3v) is 4.28. The van der Waals surface area contributed by atoms with Crippen molar-refractivity contribution >= 4 is 11.0 Å². The molecule has 6 nitrogen and oxygen atoms in total. The number of aromatic nitrogens is 4. The van der Waals surface area contributed by atoms with Crippen LogP contribution >= 0.6 is 0 Å². The van der Waals surface area contributed by atoms with Gasteiger partial charge in [-0.05, 0) is 30.2 Å². The van der Waals surface area contributed by atoms with Gasteiger partial charge in [-0.1, -0.05) is 36.4 Å². The van der Waals surface area contributed by atoms with Crippen molar-refractivity contribution in [2.24, 2.45) is 0 Å². The van der Waals surface area contributed by atoms with Crippen LogP contribution < -0.4 is 0 Å². The third-order valence-electron chi connectivity index (χ3n) is 4.28. The molecule has 2 aromatic carbocycles. The molecular weight excluding hydrogens is 316 g/mol. The molecule has 0 atom stereocenters. The highest BCUT2D eigenvalue weighted by Crippen LogP contribution is 2.18. The first-order chi connectivity index (χ1) is 12.2. The fourth-order valence-electron chi connectivity index (χ4n) is 2.95. The average molecular weight is 334 g/mol. The molecule has 25 heavy (non-hydrogen) atoms. The number of rotatable bonds is 5. The Morgan fingerprint density at radius 2 is 1.76 bits per heavy atom. The first kappa shape index (κ1) is 15.5. The van der Waals surface area contributed by atoms with Crippen molar-refractivity contribution in [2.45, 2.75) is 26.5 Å². The molecule has 0 spiro atoms. The van der Waals surface area contributed by atoms with Crippen LogP contribution in [0.3, 0.4) is 0 Å². The largest absolute Gasteiger partial charge is 0.423 e. The lowest BCUT2D eigenvalue weighted by atomic mass is 10.1. The molecular formula is C19H18N4O2. The summed E-state index contributed by atoms with van der Waals surface area (Å²) in [6.45, 7) is 2.31. The molecule has 126 valence electrons. The van der Waals surface area contributed by atoms with Gasteiger partial charge >= 0.3 is 0 Å². The van der Waals surface area contributed by atoms with Crippen molar-refractivity contribution in [2.75, 3.05) is 0 Å². The van der Waals surface area contributed by atoms with E-state index >= 15 is 0 Å². The maximum Gasteiger partial charge on any atom is 0.236 e. The van der Waals surface area contributed by atoms with Crippen molar-refractivity contribution in [3.05, 3.63) is 77.3 Å². The zero-order valence-electron chi connectivity index (χ0n) is 13.9. The van der Waals surface area contributed by atoms with Crippen molar-refractivity contribution in [1.29, 1.82) is 0 Å². The molecule has 6 heteroatoms. The summed E-state index contributed by atoms with van der Waals surface area (Å²) in [6.07, 6.45) is 0.608. The number of fused-ring (bicyclic) bond motifs is 1. The lowest BCUT2D eigenvalue weighted by Crippen LogP contribution is -2.05. The van der Waals surface area contributed by atoms with E-state index in [4.69, 9.17) is 4.42 Å². The molecule has 0 radical (unpaired) electrons. The van der Waals surface area contributed by atoms with Crippen LogP contribution in [0.1, 0.15) is 28.7 Å². The Labute approximate surface area is 144 Å². The monoisotopic (exact) mass is 334 g/mol. The van der Waals surface area contributed by atoms with Crippen molar-refractivity contribution in [1.82, 2.24) is 19.7 Å². The predicted octanol–water partition coefficient (Wildman–Crippen LogP) is 2.86. The molecule has 0 aliphatic carbocycles. The maximum absolute atomic E-state index is 9.58. The van der Waals surface area contributed by atoms with Crippen LogP contribution in [0.5, 0.6) is 0 Å². The Morgan fingerprint density at radius 1 is 1.00 bits per heavy atom. The van der Waals surface area contributed by atoms with Crippen LogP contribution in [0.4, 0.5) is 0 Å². The summed E-state index contributed by atoms with van der Waals surface area (Å²) in [5.74, 6) is 1.67. The smallest absolute Gasteiger partial charge is 0.236 e. The van der Waals surface area contributed by atoms with Gasteiger partial charge in [0.25, 0.3) is 0 Å². The van der Waals surface area contributed by atoms with Crippen LogP contribution in [0, 0.1) is 6.92 Å². The normalized spacial score (nSPS) is 11.3. The molecule has 0 aliphatic rings. The number of aliphatic hydroxyl groups excluding tert-OH is 1. The first-order valence-electron chi connectivity index (χ1n) is 8.15. The molecule has 0 saturated carbocycles. The van der Waals surface area contributed by atoms with Gasteiger partial charge < -0.3 is 14.1 Å². The van der Waals surface area contributed by atoms with Gasteiger partial charge in [0.2, 0.25) is 11.8 Å². The number of nitrogens with zero attached hydrogens (tertiary/aromatic N) is 4. The number of hydrogen-bond acceptors (Lipinski definition) is 5. The summed E-state index contributed by atoms with van der Waals surface area (Å²) >= 11 is 0. The Morgan fingerprint density at radius 3 is 2.60 bits per heavy atom. The number of hydrogen-bond donors (Lipinski definition) is 1. The molecule has 2 heterocycles. The molecule has 0 bridgehead atoms. The Kier molecular flexibility index (Phi) is 4.03. The van der Waals surface area contributed by atoms with E-state index in [1.807, 2.05) is 41.0 Å². The van der Waals surface area contributed by atoms with Crippen LogP contribution in [-0.2, 0) is 19.6 Å². The minimum atomic E-state index is -0.140. The number of para-hydroxylation sites is 2. The summed E-state index contributed by atoms with van der Waals surface area (Å²) in [5, 5.41) is 17.9. The summed E-state index contributed by atoms with van der Waals surface area (Å²) in [5.41, 5.74) is 4.14. The van der Waals surface area contributed by atoms with Crippen molar-refractivity contribution in [3.63, 3.8) is 0 Å². The van der Waals surface area contributed by atoms with Crippen molar-refractivity contribution in [3.8, 4) is 0 Å². The molecule has 0 saturated heterocycles. The standard InChI is InChI=1S/C19H18N4O2/c1-13-6-2-3-7-14(13)10-18-21-22-19(25-18)11-23-16-9-5-4-8-15(16)20-17(23)12-24/h2-9,24H,10-12H2,1H3. The van der Waals surface area contributed by atoms with Gasteiger partial charge in [0, 0.05) is 0 Å². The Bertz CT molecular complexity index is 1020. The minimum absolute atomic E-state index is 0.140. The second-order valence-corrected chi connectivity index (χ2v) is 5.95. The Balaban J connectivity index is 1.61. The fraction of sp³-hybridized carbons (Fsp3) is 0.211. The van der Waals surface area contributed by atoms with Gasteiger partial charge in [-0.3, -0.25) is 0 Å². The first-order valence-corrected chi connectivity index (χ1v) is 8.15. The van der Waals surface area contributed by atoms with E-state index in [0.29, 0.717) is 30.6 Å². The van der Waals surface area contributed by atoms with Gasteiger partial charge in [-0.2, -0.15) is 0 Å².